The number of aromatic amines is 1. The molecule has 0 aliphatic heterocycles. The molecule has 5 nitrogen and oxygen atoms in total. The Kier molecular flexibility index (Phi) is 7.32. The van der Waals surface area contributed by atoms with Crippen LogP contribution in [0.25, 0.3) is 0 Å². The number of anilines is 1. The molecule has 0 bridgehead atoms. The highest BCUT2D eigenvalue weighted by atomic mass is 32.2. The molecule has 0 saturated carbocycles. The van der Waals surface area contributed by atoms with E-state index >= 15 is 0 Å². The van der Waals surface area contributed by atoms with Crippen LogP contribution in [0.2, 0.25) is 0 Å². The highest BCUT2D eigenvalue weighted by molar-refractivity contribution is 8.00. The summed E-state index contributed by atoms with van der Waals surface area (Å²) in [6.45, 7) is 3.82. The Morgan fingerprint density at radius 2 is 2.00 bits per heavy atom. The highest BCUT2D eigenvalue weighted by Gasteiger charge is 2.22. The van der Waals surface area contributed by atoms with E-state index in [-0.39, 0.29) is 5.56 Å². The third-order valence-corrected chi connectivity index (χ3v) is 4.94. The van der Waals surface area contributed by atoms with Gasteiger partial charge in [0.2, 0.25) is 5.91 Å². The second-order valence-corrected chi connectivity index (χ2v) is 6.94. The Hall–Kier alpha value is -2.22. The first-order valence-electron chi connectivity index (χ1n) is 8.46. The zero-order valence-electron chi connectivity index (χ0n) is 14.6. The van der Waals surface area contributed by atoms with Gasteiger partial charge in [-0.15, -0.1) is 0 Å². The number of hydrogen-bond acceptors (Lipinski definition) is 4. The van der Waals surface area contributed by atoms with Crippen molar-refractivity contribution in [3.63, 3.8) is 0 Å². The zero-order valence-corrected chi connectivity index (χ0v) is 15.5. The fourth-order valence-corrected chi connectivity index (χ4v) is 3.23. The number of carbonyl (C=O) groups excluding carboxylic acids is 1. The van der Waals surface area contributed by atoms with Crippen molar-refractivity contribution in [3.05, 3.63) is 51.9 Å². The van der Waals surface area contributed by atoms with Crippen LogP contribution in [0, 0.1) is 11.6 Å². The number of nitrogens with zero attached hydrogens (tertiary/aromatic N) is 1. The number of para-hydroxylation sites is 1. The van der Waals surface area contributed by atoms with Crippen molar-refractivity contribution >= 4 is 23.4 Å². The van der Waals surface area contributed by atoms with E-state index in [4.69, 9.17) is 0 Å². The van der Waals surface area contributed by atoms with E-state index in [1.807, 2.05) is 6.92 Å². The van der Waals surface area contributed by atoms with E-state index in [2.05, 4.69) is 15.3 Å². The number of nitrogens with one attached hydrogen (secondary N) is 2. The Labute approximate surface area is 154 Å². The quantitative estimate of drug-likeness (QED) is 0.537. The smallest absolute Gasteiger partial charge is 0.251 e. The lowest BCUT2D eigenvalue weighted by Gasteiger charge is -2.15. The average molecular weight is 381 g/mol. The molecule has 1 aromatic carbocycles. The number of hydrogen-bond donors (Lipinski definition) is 2. The second-order valence-electron chi connectivity index (χ2n) is 5.75. The molecule has 0 fully saturated rings. The Balaban J connectivity index is 2.14. The van der Waals surface area contributed by atoms with Crippen LogP contribution in [0.5, 0.6) is 0 Å². The predicted octanol–water partition coefficient (Wildman–Crippen LogP) is 3.90. The molecule has 0 saturated heterocycles. The second kappa shape index (κ2) is 9.47. The molecule has 140 valence electrons. The normalized spacial score (nSPS) is 12.0. The number of thioether (sulfide) groups is 1. The fraction of sp³-hybridized carbons (Fsp3) is 0.389. The minimum atomic E-state index is -0.841. The van der Waals surface area contributed by atoms with Crippen LogP contribution in [0.1, 0.15) is 38.8 Å². The van der Waals surface area contributed by atoms with Gasteiger partial charge < -0.3 is 10.3 Å². The molecule has 2 aromatic rings. The number of halogens is 2. The molecule has 26 heavy (non-hydrogen) atoms. The van der Waals surface area contributed by atoms with Crippen LogP contribution in [0.3, 0.4) is 0 Å². The average Bonchev–Trinajstić information content (AvgIpc) is 2.60. The SMILES string of the molecule is CCCCc1cc(=O)[nH]c(SC(CC)C(=O)Nc2c(F)cccc2F)n1. The standard InChI is InChI=1S/C18H21F2N3O2S/c1-3-5-7-11-10-15(24)22-18(21-11)26-14(4-2)17(25)23-16-12(19)8-6-9-13(16)20/h6,8-10,14H,3-5,7H2,1-2H3,(H,23,25)(H,21,22,24). The van der Waals surface area contributed by atoms with Crippen molar-refractivity contribution in [1.29, 1.82) is 0 Å². The van der Waals surface area contributed by atoms with Crippen molar-refractivity contribution in [2.24, 2.45) is 0 Å². The number of aryl methyl sites for hydroxylation is 1. The minimum Gasteiger partial charge on any atom is -0.320 e. The summed E-state index contributed by atoms with van der Waals surface area (Å²) in [7, 11) is 0. The summed E-state index contributed by atoms with van der Waals surface area (Å²) < 4.78 is 27.4. The minimum absolute atomic E-state index is 0.288. The largest absolute Gasteiger partial charge is 0.320 e. The van der Waals surface area contributed by atoms with Crippen LogP contribution in [-0.4, -0.2) is 21.1 Å². The van der Waals surface area contributed by atoms with E-state index in [0.717, 1.165) is 36.7 Å². The van der Waals surface area contributed by atoms with Crippen molar-refractivity contribution in [1.82, 2.24) is 9.97 Å². The summed E-state index contributed by atoms with van der Waals surface area (Å²) >= 11 is 1.07. The first kappa shape index (κ1) is 20.1. The molecule has 8 heteroatoms. The summed E-state index contributed by atoms with van der Waals surface area (Å²) in [5.41, 5.74) is -0.104. The summed E-state index contributed by atoms with van der Waals surface area (Å²) in [4.78, 5) is 31.2. The number of H-pyrrole nitrogens is 1. The summed E-state index contributed by atoms with van der Waals surface area (Å²) in [6.07, 6.45) is 2.96. The summed E-state index contributed by atoms with van der Waals surface area (Å²) in [5, 5.41) is 1.95. The maximum absolute atomic E-state index is 13.7. The Bertz CT molecular complexity index is 806. The highest BCUT2D eigenvalue weighted by Crippen LogP contribution is 2.25. The molecule has 1 atom stereocenters. The lowest BCUT2D eigenvalue weighted by molar-refractivity contribution is -0.115. The Morgan fingerprint density at radius 3 is 2.62 bits per heavy atom. The van der Waals surface area contributed by atoms with Gasteiger partial charge in [0.1, 0.15) is 17.3 Å². The van der Waals surface area contributed by atoms with Crippen molar-refractivity contribution in [3.8, 4) is 0 Å². The zero-order chi connectivity index (χ0) is 19.1. The van der Waals surface area contributed by atoms with Gasteiger partial charge in [-0.2, -0.15) is 0 Å². The van der Waals surface area contributed by atoms with Crippen molar-refractivity contribution < 1.29 is 13.6 Å². The number of rotatable bonds is 8. The van der Waals surface area contributed by atoms with Gasteiger partial charge in [0, 0.05) is 11.8 Å². The number of amides is 1. The van der Waals surface area contributed by atoms with Crippen molar-refractivity contribution in [2.75, 3.05) is 5.32 Å². The molecule has 1 amide bonds. The van der Waals surface area contributed by atoms with Crippen LogP contribution in [-0.2, 0) is 11.2 Å². The molecule has 1 aromatic heterocycles. The number of unbranched alkanes of at least 4 members (excludes halogenated alkanes) is 1. The molecule has 1 heterocycles. The number of aromatic nitrogens is 2. The summed E-state index contributed by atoms with van der Waals surface area (Å²) in [6, 6.07) is 4.81. The van der Waals surface area contributed by atoms with Crippen molar-refractivity contribution in [2.45, 2.75) is 49.9 Å². The first-order valence-corrected chi connectivity index (χ1v) is 9.34. The third kappa shape index (κ3) is 5.39. The van der Waals surface area contributed by atoms with E-state index < -0.39 is 28.5 Å². The fourth-order valence-electron chi connectivity index (χ4n) is 2.30. The van der Waals surface area contributed by atoms with Gasteiger partial charge in [-0.1, -0.05) is 38.1 Å². The van der Waals surface area contributed by atoms with E-state index in [0.29, 0.717) is 23.7 Å². The Morgan fingerprint density at radius 1 is 1.31 bits per heavy atom. The van der Waals surface area contributed by atoms with Crippen LogP contribution in [0.4, 0.5) is 14.5 Å². The van der Waals surface area contributed by atoms with Crippen LogP contribution < -0.4 is 10.9 Å². The molecule has 0 spiro atoms. The first-order chi connectivity index (χ1) is 12.4. The van der Waals surface area contributed by atoms with E-state index in [9.17, 15) is 18.4 Å². The van der Waals surface area contributed by atoms with E-state index in [1.165, 1.54) is 12.1 Å². The lowest BCUT2D eigenvalue weighted by atomic mass is 10.2. The molecule has 1 unspecified atom stereocenters. The molecule has 0 aliphatic rings. The molecular weight excluding hydrogens is 360 g/mol. The van der Waals surface area contributed by atoms with Gasteiger partial charge in [-0.25, -0.2) is 13.8 Å². The lowest BCUT2D eigenvalue weighted by Crippen LogP contribution is -2.26. The van der Waals surface area contributed by atoms with Gasteiger partial charge in [-0.05, 0) is 31.4 Å². The molecular formula is C18H21F2N3O2S. The third-order valence-electron chi connectivity index (χ3n) is 3.69. The van der Waals surface area contributed by atoms with Gasteiger partial charge in [-0.3, -0.25) is 9.59 Å². The number of benzene rings is 1. The maximum atomic E-state index is 13.7. The number of carbonyl (C=O) groups is 1. The van der Waals surface area contributed by atoms with E-state index in [1.54, 1.807) is 6.92 Å². The van der Waals surface area contributed by atoms with Gasteiger partial charge >= 0.3 is 0 Å². The monoisotopic (exact) mass is 381 g/mol. The van der Waals surface area contributed by atoms with Crippen LogP contribution >= 0.6 is 11.8 Å². The van der Waals surface area contributed by atoms with Gasteiger partial charge in [0.05, 0.1) is 5.25 Å². The molecule has 0 aliphatic carbocycles. The van der Waals surface area contributed by atoms with Crippen LogP contribution in [0.15, 0.2) is 34.2 Å². The molecule has 2 N–H and O–H groups in total. The summed E-state index contributed by atoms with van der Waals surface area (Å²) in [5.74, 6) is -2.24. The predicted molar refractivity (Wildman–Crippen MR) is 98.4 cm³/mol. The van der Waals surface area contributed by atoms with Gasteiger partial charge in [0.15, 0.2) is 5.16 Å². The maximum Gasteiger partial charge on any atom is 0.251 e. The molecule has 0 radical (unpaired) electrons. The molecule has 2 rings (SSSR count). The van der Waals surface area contributed by atoms with Gasteiger partial charge in [0.25, 0.3) is 5.56 Å². The topological polar surface area (TPSA) is 74.8 Å².